The second kappa shape index (κ2) is 12.2. The van der Waals surface area contributed by atoms with Crippen LogP contribution in [0, 0.1) is 46.9 Å². The summed E-state index contributed by atoms with van der Waals surface area (Å²) in [4.78, 5) is 0. The van der Waals surface area contributed by atoms with Gasteiger partial charge in [0.05, 0.1) is 12.2 Å². The van der Waals surface area contributed by atoms with Gasteiger partial charge < -0.3 is 4.74 Å². The predicted molar refractivity (Wildman–Crippen MR) is 135 cm³/mol. The first-order valence-corrected chi connectivity index (χ1v) is 13.5. The molecule has 2 aromatic rings. The minimum Gasteiger partial charge on any atom is -0.490 e. The van der Waals surface area contributed by atoms with Crippen molar-refractivity contribution in [1.29, 1.82) is 0 Å². The molecule has 2 aliphatic carbocycles. The molecule has 0 bridgehead atoms. The van der Waals surface area contributed by atoms with Crippen LogP contribution in [0.15, 0.2) is 24.3 Å². The molecule has 0 radical (unpaired) electrons. The average molecular weight is 501 g/mol. The summed E-state index contributed by atoms with van der Waals surface area (Å²) >= 11 is 0. The topological polar surface area (TPSA) is 9.23 Å². The molecule has 2 saturated carbocycles. The van der Waals surface area contributed by atoms with E-state index < -0.39 is 23.3 Å². The fourth-order valence-corrected chi connectivity index (χ4v) is 5.58. The van der Waals surface area contributed by atoms with Gasteiger partial charge in [0.25, 0.3) is 0 Å². The molecule has 0 spiro atoms. The van der Waals surface area contributed by atoms with Crippen LogP contribution in [0.2, 0.25) is 0 Å². The van der Waals surface area contributed by atoms with Gasteiger partial charge in [0.2, 0.25) is 5.82 Å². The lowest BCUT2D eigenvalue weighted by Crippen LogP contribution is -2.16. The van der Waals surface area contributed by atoms with E-state index in [0.29, 0.717) is 49.3 Å². The molecule has 36 heavy (non-hydrogen) atoms. The third-order valence-electron chi connectivity index (χ3n) is 7.98. The van der Waals surface area contributed by atoms with Crippen molar-refractivity contribution < 1.29 is 22.3 Å². The molecule has 194 valence electrons. The van der Waals surface area contributed by atoms with Crippen LogP contribution >= 0.6 is 0 Å². The zero-order valence-electron chi connectivity index (χ0n) is 21.3. The number of benzene rings is 2. The highest BCUT2D eigenvalue weighted by atomic mass is 19.2. The van der Waals surface area contributed by atoms with E-state index in [2.05, 4.69) is 18.8 Å². The summed E-state index contributed by atoms with van der Waals surface area (Å²) in [7, 11) is 0. The van der Waals surface area contributed by atoms with Gasteiger partial charge >= 0.3 is 0 Å². The van der Waals surface area contributed by atoms with E-state index in [1.165, 1.54) is 12.1 Å². The molecular weight excluding hydrogens is 464 g/mol. The van der Waals surface area contributed by atoms with E-state index >= 15 is 4.39 Å². The predicted octanol–water partition coefficient (Wildman–Crippen LogP) is 9.04. The van der Waals surface area contributed by atoms with E-state index in [9.17, 15) is 13.2 Å². The maximum Gasteiger partial charge on any atom is 0.201 e. The Hall–Kier alpha value is -2.48. The quantitative estimate of drug-likeness (QED) is 0.218. The van der Waals surface area contributed by atoms with Crippen LogP contribution in [0.1, 0.15) is 107 Å². The van der Waals surface area contributed by atoms with Crippen LogP contribution < -0.4 is 4.74 Å². The van der Waals surface area contributed by atoms with Gasteiger partial charge in [-0.2, -0.15) is 4.39 Å². The number of rotatable bonds is 6. The molecule has 2 fully saturated rings. The van der Waals surface area contributed by atoms with E-state index in [4.69, 9.17) is 4.74 Å². The lowest BCUT2D eigenvalue weighted by atomic mass is 9.76. The molecule has 0 N–H and O–H groups in total. The molecule has 1 nitrogen and oxygen atoms in total. The molecule has 0 unspecified atom stereocenters. The van der Waals surface area contributed by atoms with Gasteiger partial charge in [-0.1, -0.05) is 57.1 Å². The Balaban J connectivity index is 1.37. The number of hydrogen-bond acceptors (Lipinski definition) is 1. The van der Waals surface area contributed by atoms with Crippen molar-refractivity contribution in [3.63, 3.8) is 0 Å². The Morgan fingerprint density at radius 2 is 1.33 bits per heavy atom. The summed E-state index contributed by atoms with van der Waals surface area (Å²) in [5.74, 6) is 3.12. The molecule has 0 aromatic heterocycles. The molecular formula is C31H36F4O. The lowest BCUT2D eigenvalue weighted by molar-refractivity contribution is 0.288. The molecule has 2 aromatic carbocycles. The molecule has 2 aliphatic rings. The zero-order chi connectivity index (χ0) is 25.7. The SMILES string of the molecule is CCCCOc1ccc(C#CC2CCC(c3ccc(C4CCC(C)CC4)c(F)c3F)CC2)c(F)c1F. The van der Waals surface area contributed by atoms with Crippen molar-refractivity contribution in [2.75, 3.05) is 6.61 Å². The van der Waals surface area contributed by atoms with Gasteiger partial charge in [0.15, 0.2) is 23.2 Å². The van der Waals surface area contributed by atoms with E-state index in [0.717, 1.165) is 38.5 Å². The van der Waals surface area contributed by atoms with Gasteiger partial charge in [-0.15, -0.1) is 0 Å². The highest BCUT2D eigenvalue weighted by Gasteiger charge is 2.28. The summed E-state index contributed by atoms with van der Waals surface area (Å²) in [6, 6.07) is 6.45. The third-order valence-corrected chi connectivity index (χ3v) is 7.98. The van der Waals surface area contributed by atoms with Crippen LogP contribution in [0.4, 0.5) is 17.6 Å². The fourth-order valence-electron chi connectivity index (χ4n) is 5.58. The van der Waals surface area contributed by atoms with Crippen molar-refractivity contribution in [1.82, 2.24) is 0 Å². The fraction of sp³-hybridized carbons (Fsp3) is 0.548. The van der Waals surface area contributed by atoms with E-state index in [1.807, 2.05) is 6.92 Å². The van der Waals surface area contributed by atoms with Crippen LogP contribution in [0.5, 0.6) is 5.75 Å². The molecule has 0 heterocycles. The van der Waals surface area contributed by atoms with Crippen LogP contribution in [-0.2, 0) is 0 Å². The maximum absolute atomic E-state index is 15.1. The summed E-state index contributed by atoms with van der Waals surface area (Å²) in [6.07, 6.45) is 8.44. The number of hydrogen-bond donors (Lipinski definition) is 0. The van der Waals surface area contributed by atoms with E-state index in [-0.39, 0.29) is 29.1 Å². The Kier molecular flexibility index (Phi) is 8.99. The number of unbranched alkanes of at least 4 members (excludes halogenated alkanes) is 1. The Morgan fingerprint density at radius 3 is 1.92 bits per heavy atom. The molecule has 0 atom stereocenters. The van der Waals surface area contributed by atoms with Gasteiger partial charge in [0, 0.05) is 5.92 Å². The second-order valence-corrected chi connectivity index (χ2v) is 10.6. The lowest BCUT2D eigenvalue weighted by Gasteiger charge is -2.29. The van der Waals surface area contributed by atoms with Gasteiger partial charge in [-0.3, -0.25) is 0 Å². The highest BCUT2D eigenvalue weighted by Crippen LogP contribution is 2.41. The molecule has 0 aliphatic heterocycles. The third kappa shape index (κ3) is 6.07. The molecule has 0 amide bonds. The molecule has 0 saturated heterocycles. The average Bonchev–Trinajstić information content (AvgIpc) is 2.89. The maximum atomic E-state index is 15.1. The van der Waals surface area contributed by atoms with Gasteiger partial charge in [-0.25, -0.2) is 13.2 Å². The number of ether oxygens (including phenoxy) is 1. The first-order chi connectivity index (χ1) is 17.4. The van der Waals surface area contributed by atoms with Crippen molar-refractivity contribution in [3.8, 4) is 17.6 Å². The van der Waals surface area contributed by atoms with Crippen LogP contribution in [0.3, 0.4) is 0 Å². The second-order valence-electron chi connectivity index (χ2n) is 10.6. The van der Waals surface area contributed by atoms with Crippen molar-refractivity contribution in [2.45, 2.75) is 89.9 Å². The first-order valence-electron chi connectivity index (χ1n) is 13.5. The zero-order valence-corrected chi connectivity index (χ0v) is 21.3. The summed E-state index contributed by atoms with van der Waals surface area (Å²) in [5, 5.41) is 0. The smallest absolute Gasteiger partial charge is 0.201 e. The minimum absolute atomic E-state index is 0.0123. The van der Waals surface area contributed by atoms with Gasteiger partial charge in [-0.05, 0) is 86.0 Å². The van der Waals surface area contributed by atoms with E-state index in [1.54, 1.807) is 12.1 Å². The van der Waals surface area contributed by atoms with Crippen LogP contribution in [0.25, 0.3) is 0 Å². The van der Waals surface area contributed by atoms with Crippen molar-refractivity contribution in [2.24, 2.45) is 11.8 Å². The summed E-state index contributed by atoms with van der Waals surface area (Å²) in [5.41, 5.74) is 0.996. The Bertz CT molecular complexity index is 1100. The minimum atomic E-state index is -1.01. The normalized spacial score (nSPS) is 24.2. The summed E-state index contributed by atoms with van der Waals surface area (Å²) < 4.78 is 64.1. The first kappa shape index (κ1) is 26.6. The van der Waals surface area contributed by atoms with Crippen LogP contribution in [-0.4, -0.2) is 6.61 Å². The molecule has 4 rings (SSSR count). The summed E-state index contributed by atoms with van der Waals surface area (Å²) in [6.45, 7) is 4.55. The Morgan fingerprint density at radius 1 is 0.750 bits per heavy atom. The Labute approximate surface area is 212 Å². The highest BCUT2D eigenvalue weighted by molar-refractivity contribution is 5.41. The number of halogens is 4. The standard InChI is InChI=1S/C31H36F4O/c1-3-4-19-36-27-18-15-24(28(32)31(27)35)14-9-21-7-12-23(13-8-21)26-17-16-25(29(33)30(26)34)22-10-5-20(2)6-11-22/h15-18,20-23H,3-8,10-13,19H2,1-2H3. The molecule has 5 heteroatoms. The monoisotopic (exact) mass is 500 g/mol. The van der Waals surface area contributed by atoms with Crippen molar-refractivity contribution >= 4 is 0 Å². The van der Waals surface area contributed by atoms with Crippen molar-refractivity contribution in [3.05, 3.63) is 64.2 Å². The largest absolute Gasteiger partial charge is 0.490 e. The van der Waals surface area contributed by atoms with Gasteiger partial charge in [0.1, 0.15) is 0 Å².